The summed E-state index contributed by atoms with van der Waals surface area (Å²) in [4.78, 5) is 14.6. The highest BCUT2D eigenvalue weighted by atomic mass is 79.9. The molecule has 1 aliphatic heterocycles. The molecule has 0 N–H and O–H groups in total. The molecule has 4 nitrogen and oxygen atoms in total. The lowest BCUT2D eigenvalue weighted by molar-refractivity contribution is -0.121. The van der Waals surface area contributed by atoms with Crippen molar-refractivity contribution < 1.29 is 14.3 Å². The number of ether oxygens (including phenoxy) is 2. The predicted molar refractivity (Wildman–Crippen MR) is 122 cm³/mol. The molecule has 8 heteroatoms. The third-order valence-electron chi connectivity index (χ3n) is 4.07. The van der Waals surface area contributed by atoms with Gasteiger partial charge < -0.3 is 9.47 Å². The Labute approximate surface area is 187 Å². The SMILES string of the molecule is CCN1C(=O)C(=Cc2ccc(OC)c(COc3ccc(Br)cc3Cl)c2)SC1=S. The molecule has 1 fully saturated rings. The minimum atomic E-state index is -0.0623. The van der Waals surface area contributed by atoms with E-state index in [1.807, 2.05) is 37.3 Å². The number of hydrogen-bond acceptors (Lipinski definition) is 5. The van der Waals surface area contributed by atoms with Crippen LogP contribution in [0.15, 0.2) is 45.8 Å². The molecule has 1 amide bonds. The van der Waals surface area contributed by atoms with Gasteiger partial charge in [0.1, 0.15) is 22.4 Å². The van der Waals surface area contributed by atoms with Gasteiger partial charge in [-0.3, -0.25) is 9.69 Å². The average molecular weight is 499 g/mol. The first kappa shape index (κ1) is 21.2. The van der Waals surface area contributed by atoms with Crippen molar-refractivity contribution in [2.75, 3.05) is 13.7 Å². The molecule has 1 aliphatic rings. The molecule has 0 saturated carbocycles. The Kier molecular flexibility index (Phi) is 7.04. The van der Waals surface area contributed by atoms with Crippen LogP contribution >= 0.6 is 51.5 Å². The van der Waals surface area contributed by atoms with Crippen LogP contribution in [0.5, 0.6) is 11.5 Å². The molecule has 3 rings (SSSR count). The zero-order valence-electron chi connectivity index (χ0n) is 15.2. The summed E-state index contributed by atoms with van der Waals surface area (Å²) in [5.41, 5.74) is 1.72. The van der Waals surface area contributed by atoms with Gasteiger partial charge in [0.2, 0.25) is 0 Å². The van der Waals surface area contributed by atoms with Gasteiger partial charge in [0, 0.05) is 16.6 Å². The summed E-state index contributed by atoms with van der Waals surface area (Å²) in [5.74, 6) is 1.22. The second-order valence-corrected chi connectivity index (χ2v) is 8.86. The molecule has 0 aliphatic carbocycles. The van der Waals surface area contributed by atoms with Crippen molar-refractivity contribution in [2.24, 2.45) is 0 Å². The summed E-state index contributed by atoms with van der Waals surface area (Å²) in [6.45, 7) is 2.75. The fourth-order valence-corrected chi connectivity index (χ4v) is 4.79. The fourth-order valence-electron chi connectivity index (χ4n) is 2.67. The predicted octanol–water partition coefficient (Wildman–Crippen LogP) is 5.91. The van der Waals surface area contributed by atoms with Crippen molar-refractivity contribution in [3.05, 3.63) is 61.9 Å². The number of nitrogens with zero attached hydrogens (tertiary/aromatic N) is 1. The third-order valence-corrected chi connectivity index (χ3v) is 6.24. The maximum absolute atomic E-state index is 12.4. The molecule has 2 aromatic rings. The van der Waals surface area contributed by atoms with E-state index >= 15 is 0 Å². The van der Waals surface area contributed by atoms with E-state index in [0.717, 1.165) is 15.6 Å². The van der Waals surface area contributed by atoms with E-state index in [9.17, 15) is 4.79 Å². The summed E-state index contributed by atoms with van der Waals surface area (Å²) >= 11 is 16.2. The number of thiocarbonyl (C=S) groups is 1. The van der Waals surface area contributed by atoms with Gasteiger partial charge >= 0.3 is 0 Å². The van der Waals surface area contributed by atoms with Crippen molar-refractivity contribution in [1.29, 1.82) is 0 Å². The van der Waals surface area contributed by atoms with Gasteiger partial charge in [-0.25, -0.2) is 0 Å². The van der Waals surface area contributed by atoms with E-state index < -0.39 is 0 Å². The molecular weight excluding hydrogens is 482 g/mol. The number of rotatable bonds is 6. The molecule has 1 saturated heterocycles. The quantitative estimate of drug-likeness (QED) is 0.366. The van der Waals surface area contributed by atoms with Crippen LogP contribution in [-0.2, 0) is 11.4 Å². The van der Waals surface area contributed by atoms with Crippen LogP contribution < -0.4 is 9.47 Å². The van der Waals surface area contributed by atoms with E-state index in [0.29, 0.717) is 32.3 Å². The van der Waals surface area contributed by atoms with E-state index in [2.05, 4.69) is 15.9 Å². The summed E-state index contributed by atoms with van der Waals surface area (Å²) in [6, 6.07) is 11.1. The topological polar surface area (TPSA) is 38.8 Å². The Bertz CT molecular complexity index is 964. The number of amides is 1. The number of methoxy groups -OCH3 is 1. The molecule has 0 atom stereocenters. The number of likely N-dealkylation sites (N-methyl/N-ethyl adjacent to an activating group) is 1. The second kappa shape index (κ2) is 9.31. The Balaban J connectivity index is 1.83. The Morgan fingerprint density at radius 3 is 2.64 bits per heavy atom. The van der Waals surface area contributed by atoms with E-state index in [-0.39, 0.29) is 12.5 Å². The highest BCUT2D eigenvalue weighted by molar-refractivity contribution is 9.10. The first-order valence-electron chi connectivity index (χ1n) is 8.43. The highest BCUT2D eigenvalue weighted by Crippen LogP contribution is 2.33. The molecule has 0 aromatic heterocycles. The van der Waals surface area contributed by atoms with Crippen molar-refractivity contribution in [1.82, 2.24) is 4.90 Å². The standard InChI is InChI=1S/C20H17BrClNO3S2/c1-3-23-19(24)18(28-20(23)27)9-12-4-6-16(25-2)13(8-12)11-26-17-7-5-14(21)10-15(17)22/h4-10H,3,11H2,1-2H3. The molecule has 0 spiro atoms. The molecule has 146 valence electrons. The van der Waals surface area contributed by atoms with Gasteiger partial charge in [0.05, 0.1) is 17.0 Å². The van der Waals surface area contributed by atoms with Gasteiger partial charge in [0.25, 0.3) is 5.91 Å². The van der Waals surface area contributed by atoms with Crippen molar-refractivity contribution in [3.8, 4) is 11.5 Å². The Hall–Kier alpha value is -1.54. The van der Waals surface area contributed by atoms with Crippen LogP contribution in [0.4, 0.5) is 0 Å². The number of carbonyl (C=O) groups is 1. The number of benzene rings is 2. The van der Waals surface area contributed by atoms with Crippen molar-refractivity contribution in [2.45, 2.75) is 13.5 Å². The lowest BCUT2D eigenvalue weighted by Crippen LogP contribution is -2.27. The molecule has 2 aromatic carbocycles. The molecular formula is C20H17BrClNO3S2. The second-order valence-electron chi connectivity index (χ2n) is 5.86. The smallest absolute Gasteiger partial charge is 0.266 e. The molecule has 0 radical (unpaired) electrons. The Morgan fingerprint density at radius 1 is 1.25 bits per heavy atom. The summed E-state index contributed by atoms with van der Waals surface area (Å²) in [6.07, 6.45) is 1.84. The van der Waals surface area contributed by atoms with Crippen molar-refractivity contribution in [3.63, 3.8) is 0 Å². The van der Waals surface area contributed by atoms with Gasteiger partial charge in [0.15, 0.2) is 0 Å². The largest absolute Gasteiger partial charge is 0.496 e. The van der Waals surface area contributed by atoms with Crippen LogP contribution in [0.1, 0.15) is 18.1 Å². The molecule has 1 heterocycles. The van der Waals surface area contributed by atoms with E-state index in [1.54, 1.807) is 24.1 Å². The van der Waals surface area contributed by atoms with Crippen LogP contribution in [0.3, 0.4) is 0 Å². The molecule has 0 bridgehead atoms. The van der Waals surface area contributed by atoms with Crippen LogP contribution in [0.25, 0.3) is 6.08 Å². The minimum absolute atomic E-state index is 0.0623. The number of halogens is 2. The first-order valence-corrected chi connectivity index (χ1v) is 10.8. The molecule has 28 heavy (non-hydrogen) atoms. The minimum Gasteiger partial charge on any atom is -0.496 e. The van der Waals surface area contributed by atoms with E-state index in [4.69, 9.17) is 33.3 Å². The number of thioether (sulfide) groups is 1. The zero-order valence-corrected chi connectivity index (χ0v) is 19.2. The third kappa shape index (κ3) is 4.71. The number of carbonyl (C=O) groups excluding carboxylic acids is 1. The normalized spacial score (nSPS) is 15.4. The average Bonchev–Trinajstić information content (AvgIpc) is 2.93. The van der Waals surface area contributed by atoms with E-state index in [1.165, 1.54) is 11.8 Å². The lowest BCUT2D eigenvalue weighted by atomic mass is 10.1. The molecule has 0 unspecified atom stereocenters. The summed E-state index contributed by atoms with van der Waals surface area (Å²) in [7, 11) is 1.61. The summed E-state index contributed by atoms with van der Waals surface area (Å²) in [5, 5.41) is 0.521. The van der Waals surface area contributed by atoms with Gasteiger partial charge in [-0.1, -0.05) is 57.6 Å². The van der Waals surface area contributed by atoms with Crippen molar-refractivity contribution >= 4 is 67.8 Å². The maximum Gasteiger partial charge on any atom is 0.266 e. The Morgan fingerprint density at radius 2 is 2.00 bits per heavy atom. The lowest BCUT2D eigenvalue weighted by Gasteiger charge is -2.12. The summed E-state index contributed by atoms with van der Waals surface area (Å²) < 4.78 is 12.8. The fraction of sp³-hybridized carbons (Fsp3) is 0.200. The zero-order chi connectivity index (χ0) is 20.3. The first-order chi connectivity index (χ1) is 13.4. The van der Waals surface area contributed by atoms with Gasteiger partial charge in [-0.2, -0.15) is 0 Å². The highest BCUT2D eigenvalue weighted by Gasteiger charge is 2.30. The monoisotopic (exact) mass is 497 g/mol. The van der Waals surface area contributed by atoms with Crippen LogP contribution in [0.2, 0.25) is 5.02 Å². The van der Waals surface area contributed by atoms with Gasteiger partial charge in [-0.05, 0) is 48.9 Å². The van der Waals surface area contributed by atoms with Crippen LogP contribution in [-0.4, -0.2) is 28.8 Å². The van der Waals surface area contributed by atoms with Crippen LogP contribution in [0, 0.1) is 0 Å². The maximum atomic E-state index is 12.4. The number of hydrogen-bond donors (Lipinski definition) is 0. The van der Waals surface area contributed by atoms with Gasteiger partial charge in [-0.15, -0.1) is 0 Å².